The van der Waals surface area contributed by atoms with Crippen molar-refractivity contribution < 1.29 is 19.0 Å². The number of aromatic nitrogens is 4. The summed E-state index contributed by atoms with van der Waals surface area (Å²) in [5.41, 5.74) is 3.49. The molecule has 0 saturated carbocycles. The Kier molecular flexibility index (Phi) is 7.41. The summed E-state index contributed by atoms with van der Waals surface area (Å²) in [6, 6.07) is 8.41. The highest BCUT2D eigenvalue weighted by molar-refractivity contribution is 5.85. The second-order valence-corrected chi connectivity index (χ2v) is 13.4. The molecule has 3 aromatic rings. The number of piperidine rings is 1. The van der Waals surface area contributed by atoms with Crippen LogP contribution in [0.2, 0.25) is 0 Å². The lowest BCUT2D eigenvalue weighted by Crippen LogP contribution is -2.48. The molecule has 1 unspecified atom stereocenters. The quantitative estimate of drug-likeness (QED) is 0.461. The Balaban J connectivity index is 1.15. The maximum Gasteiger partial charge on any atom is 0.408 e. The average Bonchev–Trinajstić information content (AvgIpc) is 3.53. The van der Waals surface area contributed by atoms with E-state index in [0.717, 1.165) is 94.1 Å². The summed E-state index contributed by atoms with van der Waals surface area (Å²) in [5.74, 6) is 1.73. The summed E-state index contributed by atoms with van der Waals surface area (Å²) < 4.78 is 19.4. The van der Waals surface area contributed by atoms with Crippen LogP contribution in [0.15, 0.2) is 30.5 Å². The van der Waals surface area contributed by atoms with E-state index in [4.69, 9.17) is 29.3 Å². The van der Waals surface area contributed by atoms with Gasteiger partial charge in [-0.05, 0) is 70.4 Å². The highest BCUT2D eigenvalue weighted by atomic mass is 16.6. The van der Waals surface area contributed by atoms with Gasteiger partial charge in [-0.1, -0.05) is 24.3 Å². The van der Waals surface area contributed by atoms with Crippen LogP contribution in [-0.4, -0.2) is 77.4 Å². The van der Waals surface area contributed by atoms with Gasteiger partial charge in [-0.3, -0.25) is 0 Å². The fourth-order valence-corrected chi connectivity index (χ4v) is 7.23. The predicted molar refractivity (Wildman–Crippen MR) is 163 cm³/mol. The van der Waals surface area contributed by atoms with Crippen LogP contribution >= 0.6 is 0 Å². The smallest absolute Gasteiger partial charge is 0.408 e. The Morgan fingerprint density at radius 2 is 1.84 bits per heavy atom. The molecule has 11 nitrogen and oxygen atoms in total. The van der Waals surface area contributed by atoms with Crippen LogP contribution in [-0.2, 0) is 20.6 Å². The first-order chi connectivity index (χ1) is 20.8. The van der Waals surface area contributed by atoms with Crippen molar-refractivity contribution in [1.82, 2.24) is 25.1 Å². The Morgan fingerprint density at radius 3 is 2.58 bits per heavy atom. The number of anilines is 2. The minimum atomic E-state index is -0.549. The van der Waals surface area contributed by atoms with Gasteiger partial charge in [-0.25, -0.2) is 19.4 Å². The third-order valence-electron chi connectivity index (χ3n) is 9.38. The molecule has 4 aliphatic rings. The number of amides is 1. The Bertz CT molecular complexity index is 1460. The van der Waals surface area contributed by atoms with Crippen molar-refractivity contribution in [3.05, 3.63) is 41.6 Å². The van der Waals surface area contributed by atoms with Crippen molar-refractivity contribution in [1.29, 1.82) is 0 Å². The molecule has 0 bridgehead atoms. The van der Waals surface area contributed by atoms with Gasteiger partial charge >= 0.3 is 6.09 Å². The minimum absolute atomic E-state index is 0.0736. The summed E-state index contributed by atoms with van der Waals surface area (Å²) >= 11 is 0. The Hall–Kier alpha value is -3.44. The minimum Gasteiger partial charge on any atom is -0.444 e. The molecule has 2 atom stereocenters. The third-order valence-corrected chi connectivity index (χ3v) is 9.38. The predicted octanol–water partition coefficient (Wildman–Crippen LogP) is 4.77. The molecule has 1 N–H and O–H groups in total. The highest BCUT2D eigenvalue weighted by Crippen LogP contribution is 2.52. The number of morpholine rings is 1. The van der Waals surface area contributed by atoms with Gasteiger partial charge in [0.2, 0.25) is 0 Å². The second kappa shape index (κ2) is 11.2. The number of ether oxygens (including phenoxy) is 3. The summed E-state index contributed by atoms with van der Waals surface area (Å²) in [6.45, 7) is 11.0. The number of alkyl carbamates (subject to hydrolysis) is 1. The number of carbonyl (C=O) groups excluding carboxylic acids is 1. The molecule has 1 aliphatic carbocycles. The van der Waals surface area contributed by atoms with Crippen LogP contribution in [0.1, 0.15) is 76.3 Å². The number of nitrogens with zero attached hydrogens (tertiary/aromatic N) is 6. The van der Waals surface area contributed by atoms with Gasteiger partial charge in [0.25, 0.3) is 0 Å². The molecule has 1 aromatic carbocycles. The summed E-state index contributed by atoms with van der Waals surface area (Å²) in [4.78, 5) is 27.7. The van der Waals surface area contributed by atoms with Crippen LogP contribution in [0.4, 0.5) is 16.4 Å². The Labute approximate surface area is 252 Å². The third kappa shape index (κ3) is 5.53. The zero-order valence-corrected chi connectivity index (χ0v) is 25.6. The largest absolute Gasteiger partial charge is 0.444 e. The molecule has 7 rings (SSSR count). The lowest BCUT2D eigenvalue weighted by molar-refractivity contribution is -0.0369. The van der Waals surface area contributed by atoms with Crippen molar-refractivity contribution in [2.24, 2.45) is 5.41 Å². The number of rotatable bonds is 4. The molecule has 0 radical (unpaired) electrons. The van der Waals surface area contributed by atoms with Crippen LogP contribution in [0.25, 0.3) is 11.2 Å². The summed E-state index contributed by atoms with van der Waals surface area (Å²) in [5, 5.41) is 8.29. The molecule has 3 fully saturated rings. The van der Waals surface area contributed by atoms with E-state index in [9.17, 15) is 4.79 Å². The van der Waals surface area contributed by atoms with Gasteiger partial charge in [0, 0.05) is 38.2 Å². The standard InChI is InChI=1S/C32H43N7O4/c1-31(2,3)43-30(40)35-27-23-9-5-4-8-22(23)20-32(27)11-13-37(14-12-32)24-21-33-26-28(34-24)39(25-10-6-7-17-42-25)36-29(26)38-15-18-41-19-16-38/h4-5,8-9,21,25,27H,6-7,10-20H2,1-3H3,(H,35,40)/t25?,27-/m1/s1. The van der Waals surface area contributed by atoms with Gasteiger partial charge in [0.15, 0.2) is 23.2 Å². The molecule has 11 heteroatoms. The van der Waals surface area contributed by atoms with E-state index < -0.39 is 5.60 Å². The summed E-state index contributed by atoms with van der Waals surface area (Å²) in [7, 11) is 0. The fourth-order valence-electron chi connectivity index (χ4n) is 7.23. The first-order valence-corrected chi connectivity index (χ1v) is 15.8. The maximum atomic E-state index is 12.9. The SMILES string of the molecule is CC(C)(C)OC(=O)N[C@@H]1c2ccccc2CC12CCN(c1cnc3c(N4CCOCC4)nn(C4CCCCO4)c3n1)CC2. The van der Waals surface area contributed by atoms with Gasteiger partial charge in [-0.2, -0.15) is 0 Å². The van der Waals surface area contributed by atoms with Crippen molar-refractivity contribution in [3.63, 3.8) is 0 Å². The first kappa shape index (κ1) is 28.3. The van der Waals surface area contributed by atoms with Gasteiger partial charge in [0.1, 0.15) is 11.4 Å². The molecular formula is C32H43N7O4. The number of nitrogens with one attached hydrogen (secondary N) is 1. The lowest BCUT2D eigenvalue weighted by Gasteiger charge is -2.43. The molecule has 43 heavy (non-hydrogen) atoms. The monoisotopic (exact) mass is 589 g/mol. The molecule has 3 saturated heterocycles. The fraction of sp³-hybridized carbons (Fsp3) is 0.625. The molecule has 2 aromatic heterocycles. The molecule has 1 spiro atoms. The zero-order valence-electron chi connectivity index (χ0n) is 25.6. The van der Waals surface area contributed by atoms with Gasteiger partial charge in [0.05, 0.1) is 25.5 Å². The number of benzene rings is 1. The van der Waals surface area contributed by atoms with Crippen LogP contribution in [0.3, 0.4) is 0 Å². The number of hydrogen-bond acceptors (Lipinski definition) is 9. The first-order valence-electron chi connectivity index (χ1n) is 15.8. The van der Waals surface area contributed by atoms with Crippen LogP contribution < -0.4 is 15.1 Å². The van der Waals surface area contributed by atoms with Crippen molar-refractivity contribution in [2.75, 3.05) is 55.8 Å². The molecular weight excluding hydrogens is 546 g/mol. The molecule has 1 amide bonds. The topological polar surface area (TPSA) is 107 Å². The van der Waals surface area contributed by atoms with E-state index in [1.54, 1.807) is 0 Å². The van der Waals surface area contributed by atoms with Gasteiger partial charge in [-0.15, -0.1) is 5.10 Å². The number of fused-ring (bicyclic) bond motifs is 2. The maximum absolute atomic E-state index is 12.9. The average molecular weight is 590 g/mol. The van der Waals surface area contributed by atoms with E-state index in [2.05, 4.69) is 39.4 Å². The van der Waals surface area contributed by atoms with E-state index in [1.165, 1.54) is 11.1 Å². The molecule has 5 heterocycles. The van der Waals surface area contributed by atoms with Crippen LogP contribution in [0.5, 0.6) is 0 Å². The van der Waals surface area contributed by atoms with E-state index >= 15 is 0 Å². The van der Waals surface area contributed by atoms with E-state index in [1.807, 2.05) is 31.6 Å². The number of carbonyl (C=O) groups is 1. The zero-order chi connectivity index (χ0) is 29.6. The molecule has 3 aliphatic heterocycles. The van der Waals surface area contributed by atoms with Crippen molar-refractivity contribution in [3.8, 4) is 0 Å². The lowest BCUT2D eigenvalue weighted by atomic mass is 9.72. The Morgan fingerprint density at radius 1 is 1.05 bits per heavy atom. The highest BCUT2D eigenvalue weighted by Gasteiger charge is 2.49. The van der Waals surface area contributed by atoms with Crippen molar-refractivity contribution in [2.45, 2.75) is 77.2 Å². The van der Waals surface area contributed by atoms with E-state index in [0.29, 0.717) is 13.2 Å². The van der Waals surface area contributed by atoms with Crippen molar-refractivity contribution >= 4 is 28.9 Å². The molecule has 230 valence electrons. The number of hydrogen-bond donors (Lipinski definition) is 1. The van der Waals surface area contributed by atoms with E-state index in [-0.39, 0.29) is 23.8 Å². The normalized spacial score (nSPS) is 23.9. The van der Waals surface area contributed by atoms with Crippen LogP contribution in [0, 0.1) is 5.41 Å². The summed E-state index contributed by atoms with van der Waals surface area (Å²) in [6.07, 6.45) is 7.31. The van der Waals surface area contributed by atoms with Gasteiger partial charge < -0.3 is 29.3 Å². The second-order valence-electron chi connectivity index (χ2n) is 13.4.